The number of urea groups is 1. The average Bonchev–Trinajstić information content (AvgIpc) is 3.33. The molecule has 4 rings (SSSR count). The summed E-state index contributed by atoms with van der Waals surface area (Å²) in [5.41, 5.74) is 2.33. The summed E-state index contributed by atoms with van der Waals surface area (Å²) in [6.07, 6.45) is -1.76. The van der Waals surface area contributed by atoms with Gasteiger partial charge in [0.25, 0.3) is 0 Å². The third-order valence-corrected chi connectivity index (χ3v) is 4.78. The molecule has 2 unspecified atom stereocenters. The number of likely N-dealkylation sites (tertiary alicyclic amines) is 1. The first-order chi connectivity index (χ1) is 13.2. The molecule has 1 aliphatic rings. The molecule has 11 heteroatoms. The Hall–Kier alpha value is -2.82. The van der Waals surface area contributed by atoms with Crippen LogP contribution < -0.4 is 5.32 Å². The van der Waals surface area contributed by atoms with E-state index in [-0.39, 0.29) is 12.6 Å². The average molecular weight is 397 g/mol. The van der Waals surface area contributed by atoms with Crippen molar-refractivity contribution in [3.8, 4) is 0 Å². The van der Waals surface area contributed by atoms with Crippen LogP contribution in [0.3, 0.4) is 0 Å². The van der Waals surface area contributed by atoms with Gasteiger partial charge in [-0.3, -0.25) is 4.98 Å². The first-order valence-electron chi connectivity index (χ1n) is 8.76. The van der Waals surface area contributed by atoms with Gasteiger partial charge in [0.05, 0.1) is 18.5 Å². The number of hydrogen-bond acceptors (Lipinski definition) is 5. The van der Waals surface area contributed by atoms with Crippen LogP contribution in [-0.2, 0) is 0 Å². The van der Waals surface area contributed by atoms with Gasteiger partial charge in [0.15, 0.2) is 5.58 Å². The predicted molar refractivity (Wildman–Crippen MR) is 92.6 cm³/mol. The van der Waals surface area contributed by atoms with E-state index in [1.54, 1.807) is 19.2 Å². The minimum Gasteiger partial charge on any atom is -0.460 e. The fourth-order valence-electron chi connectivity index (χ4n) is 3.58. The Morgan fingerprint density at radius 2 is 2.25 bits per heavy atom. The van der Waals surface area contributed by atoms with Gasteiger partial charge in [-0.2, -0.15) is 13.2 Å². The van der Waals surface area contributed by atoms with E-state index in [0.717, 1.165) is 0 Å². The molecule has 8 nitrogen and oxygen atoms in total. The molecular weight excluding hydrogens is 379 g/mol. The third-order valence-electron chi connectivity index (χ3n) is 4.78. The van der Waals surface area contributed by atoms with E-state index in [0.29, 0.717) is 40.9 Å². The molecule has 4 heterocycles. The number of imidazole rings is 1. The Morgan fingerprint density at radius 1 is 1.46 bits per heavy atom. The maximum atomic E-state index is 12.3. The maximum Gasteiger partial charge on any atom is 0.405 e. The number of aromatic nitrogens is 3. The number of carbonyl (C=O) groups excluding carboxylic acids is 1. The zero-order chi connectivity index (χ0) is 20.1. The molecular formula is C17H18F3N5O3. The second-order valence-electron chi connectivity index (χ2n) is 6.81. The summed E-state index contributed by atoms with van der Waals surface area (Å²) in [5.74, 6) is 0.392. The van der Waals surface area contributed by atoms with E-state index in [9.17, 15) is 23.1 Å². The number of alkyl halides is 3. The van der Waals surface area contributed by atoms with Gasteiger partial charge in [0.1, 0.15) is 35.0 Å². The second-order valence-corrected chi connectivity index (χ2v) is 6.81. The van der Waals surface area contributed by atoms with Crippen molar-refractivity contribution in [2.24, 2.45) is 0 Å². The summed E-state index contributed by atoms with van der Waals surface area (Å²) >= 11 is 0. The molecule has 0 spiro atoms. The molecule has 1 fully saturated rings. The summed E-state index contributed by atoms with van der Waals surface area (Å²) in [6, 6.07) is 0.675. The van der Waals surface area contributed by atoms with E-state index >= 15 is 0 Å². The molecule has 2 atom stereocenters. The van der Waals surface area contributed by atoms with E-state index < -0.39 is 24.9 Å². The zero-order valence-electron chi connectivity index (χ0n) is 14.9. The monoisotopic (exact) mass is 397 g/mol. The van der Waals surface area contributed by atoms with Crippen LogP contribution in [0.25, 0.3) is 22.1 Å². The summed E-state index contributed by atoms with van der Waals surface area (Å²) in [7, 11) is 0. The number of rotatable bonds is 3. The van der Waals surface area contributed by atoms with Crippen LogP contribution in [0, 0.1) is 0 Å². The summed E-state index contributed by atoms with van der Waals surface area (Å²) in [5, 5.41) is 12.1. The lowest BCUT2D eigenvalue weighted by Crippen LogP contribution is -2.42. The molecule has 0 radical (unpaired) electrons. The fraction of sp³-hybridized carbons (Fsp3) is 0.471. The molecule has 1 aliphatic heterocycles. The SMILES string of the molecule is CC(O)c1nc2cnc3ccoc3c2n1C1CCN(C(=O)NCC(F)(F)F)C1. The third kappa shape index (κ3) is 3.26. The maximum absolute atomic E-state index is 12.3. The van der Waals surface area contributed by atoms with Gasteiger partial charge in [-0.05, 0) is 13.3 Å². The van der Waals surface area contributed by atoms with Crippen LogP contribution in [-0.4, -0.2) is 56.4 Å². The number of halogens is 3. The van der Waals surface area contributed by atoms with Crippen LogP contribution in [0.2, 0.25) is 0 Å². The number of fused-ring (bicyclic) bond motifs is 3. The van der Waals surface area contributed by atoms with Crippen molar-refractivity contribution >= 4 is 28.2 Å². The number of aliphatic hydroxyl groups is 1. The number of carbonyl (C=O) groups is 1. The lowest BCUT2D eigenvalue weighted by Gasteiger charge is -2.20. The minimum atomic E-state index is -4.47. The normalized spacial score (nSPS) is 18.9. The highest BCUT2D eigenvalue weighted by atomic mass is 19.4. The smallest absolute Gasteiger partial charge is 0.405 e. The Labute approximate surface area is 156 Å². The van der Waals surface area contributed by atoms with Crippen LogP contribution in [0.15, 0.2) is 22.9 Å². The zero-order valence-corrected chi connectivity index (χ0v) is 14.9. The molecule has 0 bridgehead atoms. The Balaban J connectivity index is 1.66. The largest absolute Gasteiger partial charge is 0.460 e. The number of aliphatic hydroxyl groups excluding tert-OH is 1. The van der Waals surface area contributed by atoms with E-state index in [4.69, 9.17) is 4.42 Å². The highest BCUT2D eigenvalue weighted by Crippen LogP contribution is 2.34. The van der Waals surface area contributed by atoms with E-state index in [1.165, 1.54) is 11.2 Å². The number of pyridine rings is 1. The Bertz CT molecular complexity index is 1030. The molecule has 0 aliphatic carbocycles. The van der Waals surface area contributed by atoms with Crippen molar-refractivity contribution in [2.75, 3.05) is 19.6 Å². The quantitative estimate of drug-likeness (QED) is 0.709. The highest BCUT2D eigenvalue weighted by Gasteiger charge is 2.34. The van der Waals surface area contributed by atoms with Gasteiger partial charge in [-0.1, -0.05) is 0 Å². The lowest BCUT2D eigenvalue weighted by atomic mass is 10.2. The van der Waals surface area contributed by atoms with Gasteiger partial charge in [-0.15, -0.1) is 0 Å². The van der Waals surface area contributed by atoms with Gasteiger partial charge >= 0.3 is 12.2 Å². The fourth-order valence-corrected chi connectivity index (χ4v) is 3.58. The molecule has 3 aromatic rings. The van der Waals surface area contributed by atoms with Gasteiger partial charge in [0, 0.05) is 19.2 Å². The van der Waals surface area contributed by atoms with Crippen molar-refractivity contribution in [3.63, 3.8) is 0 Å². The lowest BCUT2D eigenvalue weighted by molar-refractivity contribution is -0.123. The summed E-state index contributed by atoms with van der Waals surface area (Å²) in [4.78, 5) is 22.1. The van der Waals surface area contributed by atoms with Crippen LogP contribution in [0.5, 0.6) is 0 Å². The van der Waals surface area contributed by atoms with Gasteiger partial charge in [0.2, 0.25) is 0 Å². The van der Waals surface area contributed by atoms with E-state index in [1.807, 2.05) is 9.88 Å². The summed E-state index contributed by atoms with van der Waals surface area (Å²) in [6.45, 7) is 0.685. The van der Waals surface area contributed by atoms with Crippen molar-refractivity contribution in [1.82, 2.24) is 24.8 Å². The molecule has 0 aromatic carbocycles. The van der Waals surface area contributed by atoms with Crippen LogP contribution >= 0.6 is 0 Å². The van der Waals surface area contributed by atoms with Crippen molar-refractivity contribution in [1.29, 1.82) is 0 Å². The number of furan rings is 1. The molecule has 0 saturated carbocycles. The molecule has 1 saturated heterocycles. The standard InChI is InChI=1S/C17H18F3N5O3/c1-9(26)15-23-12-6-21-11-3-5-28-14(11)13(12)25(15)10-2-4-24(7-10)16(27)22-8-17(18,19)20/h3,5-6,9-10,26H,2,4,7-8H2,1H3,(H,22,27). The van der Waals surface area contributed by atoms with Crippen molar-refractivity contribution in [2.45, 2.75) is 31.7 Å². The first-order valence-corrected chi connectivity index (χ1v) is 8.76. The number of nitrogens with one attached hydrogen (secondary N) is 1. The van der Waals surface area contributed by atoms with Crippen LogP contribution in [0.4, 0.5) is 18.0 Å². The highest BCUT2D eigenvalue weighted by molar-refractivity contribution is 5.98. The van der Waals surface area contributed by atoms with Gasteiger partial charge < -0.3 is 24.3 Å². The molecule has 150 valence electrons. The molecule has 28 heavy (non-hydrogen) atoms. The van der Waals surface area contributed by atoms with Crippen LogP contribution in [0.1, 0.15) is 31.3 Å². The first kappa shape index (κ1) is 18.5. The number of nitrogens with zero attached hydrogens (tertiary/aromatic N) is 4. The summed E-state index contributed by atoms with van der Waals surface area (Å²) < 4.78 is 44.4. The Kier molecular flexibility index (Phi) is 4.41. The Morgan fingerprint density at radius 3 is 2.96 bits per heavy atom. The predicted octanol–water partition coefficient (Wildman–Crippen LogP) is 2.75. The number of hydrogen-bond donors (Lipinski definition) is 2. The molecule has 2 amide bonds. The molecule has 3 aromatic heterocycles. The van der Waals surface area contributed by atoms with E-state index in [2.05, 4.69) is 9.97 Å². The second kappa shape index (κ2) is 6.66. The minimum absolute atomic E-state index is 0.194. The molecule has 2 N–H and O–H groups in total. The van der Waals surface area contributed by atoms with Gasteiger partial charge in [-0.25, -0.2) is 9.78 Å². The van der Waals surface area contributed by atoms with Crippen molar-refractivity contribution in [3.05, 3.63) is 24.4 Å². The number of amides is 2. The topological polar surface area (TPSA) is 96.4 Å². The van der Waals surface area contributed by atoms with Crippen molar-refractivity contribution < 1.29 is 27.5 Å².